The first-order valence-electron chi connectivity index (χ1n) is 5.99. The Morgan fingerprint density at radius 2 is 2.06 bits per heavy atom. The lowest BCUT2D eigenvalue weighted by Crippen LogP contribution is -2.37. The van der Waals surface area contributed by atoms with Crippen molar-refractivity contribution < 1.29 is 4.79 Å². The largest absolute Gasteiger partial charge is 0.370 e. The van der Waals surface area contributed by atoms with Gasteiger partial charge in [-0.15, -0.1) is 0 Å². The maximum absolute atomic E-state index is 11.7. The second-order valence-corrected chi connectivity index (χ2v) is 4.60. The maximum Gasteiger partial charge on any atom is 0.244 e. The van der Waals surface area contributed by atoms with E-state index in [-0.39, 0.29) is 12.5 Å². The van der Waals surface area contributed by atoms with Crippen molar-refractivity contribution in [2.75, 3.05) is 26.7 Å². The number of carbonyl (C=O) groups is 1. The van der Waals surface area contributed by atoms with Crippen molar-refractivity contribution in [3.8, 4) is 0 Å². The van der Waals surface area contributed by atoms with E-state index in [1.54, 1.807) is 0 Å². The van der Waals surface area contributed by atoms with Crippen LogP contribution in [0.4, 0.5) is 0 Å². The SMILES string of the molecule is CN(C(N)=NCC(=O)N1CCCC1)C1CC1. The minimum atomic E-state index is 0.102. The molecule has 1 aliphatic carbocycles. The third-order valence-corrected chi connectivity index (χ3v) is 3.29. The number of guanidine groups is 1. The molecule has 5 heteroatoms. The van der Waals surface area contributed by atoms with E-state index in [0.717, 1.165) is 25.9 Å². The fraction of sp³-hybridized carbons (Fsp3) is 0.818. The number of hydrogen-bond acceptors (Lipinski definition) is 2. The Hall–Kier alpha value is -1.26. The van der Waals surface area contributed by atoms with Gasteiger partial charge in [-0.3, -0.25) is 4.79 Å². The van der Waals surface area contributed by atoms with Crippen LogP contribution in [0.1, 0.15) is 25.7 Å². The molecule has 90 valence electrons. The zero-order valence-corrected chi connectivity index (χ0v) is 9.85. The highest BCUT2D eigenvalue weighted by Gasteiger charge is 2.27. The fourth-order valence-electron chi connectivity index (χ4n) is 1.98. The lowest BCUT2D eigenvalue weighted by molar-refractivity contribution is -0.128. The van der Waals surface area contributed by atoms with Gasteiger partial charge in [0.15, 0.2) is 5.96 Å². The number of carbonyl (C=O) groups excluding carboxylic acids is 1. The Morgan fingerprint density at radius 3 is 2.62 bits per heavy atom. The van der Waals surface area contributed by atoms with E-state index >= 15 is 0 Å². The summed E-state index contributed by atoms with van der Waals surface area (Å²) in [6, 6.07) is 0.547. The molecule has 1 aliphatic heterocycles. The summed E-state index contributed by atoms with van der Waals surface area (Å²) in [5.74, 6) is 0.597. The number of nitrogens with two attached hydrogens (primary N) is 1. The fourth-order valence-corrected chi connectivity index (χ4v) is 1.98. The first kappa shape index (κ1) is 11.2. The van der Waals surface area contributed by atoms with Crippen LogP contribution in [0.25, 0.3) is 0 Å². The smallest absolute Gasteiger partial charge is 0.244 e. The predicted octanol–water partition coefficient (Wildman–Crippen LogP) is 0.0177. The molecule has 1 saturated heterocycles. The van der Waals surface area contributed by atoms with Gasteiger partial charge in [0.05, 0.1) is 0 Å². The zero-order valence-electron chi connectivity index (χ0n) is 9.85. The van der Waals surface area contributed by atoms with E-state index in [4.69, 9.17) is 5.73 Å². The third kappa shape index (κ3) is 2.65. The van der Waals surface area contributed by atoms with Crippen molar-refractivity contribution in [1.82, 2.24) is 9.80 Å². The maximum atomic E-state index is 11.7. The molecular weight excluding hydrogens is 204 g/mol. The molecule has 2 rings (SSSR count). The summed E-state index contributed by atoms with van der Waals surface area (Å²) < 4.78 is 0. The molecule has 0 spiro atoms. The first-order valence-corrected chi connectivity index (χ1v) is 5.99. The molecule has 1 amide bonds. The van der Waals surface area contributed by atoms with Gasteiger partial charge in [-0.05, 0) is 25.7 Å². The number of hydrogen-bond donors (Lipinski definition) is 1. The Morgan fingerprint density at radius 1 is 1.44 bits per heavy atom. The highest BCUT2D eigenvalue weighted by molar-refractivity contribution is 5.84. The van der Waals surface area contributed by atoms with Crippen molar-refractivity contribution in [2.24, 2.45) is 10.7 Å². The molecule has 1 saturated carbocycles. The van der Waals surface area contributed by atoms with Crippen LogP contribution >= 0.6 is 0 Å². The van der Waals surface area contributed by atoms with E-state index in [1.165, 1.54) is 12.8 Å². The minimum absolute atomic E-state index is 0.102. The molecule has 16 heavy (non-hydrogen) atoms. The van der Waals surface area contributed by atoms with Gasteiger partial charge in [-0.2, -0.15) is 0 Å². The summed E-state index contributed by atoms with van der Waals surface area (Å²) in [5, 5.41) is 0. The Kier molecular flexibility index (Phi) is 3.31. The molecule has 0 aromatic rings. The van der Waals surface area contributed by atoms with E-state index in [0.29, 0.717) is 12.0 Å². The number of nitrogens with zero attached hydrogens (tertiary/aromatic N) is 3. The van der Waals surface area contributed by atoms with Crippen LogP contribution in [0.5, 0.6) is 0 Å². The van der Waals surface area contributed by atoms with Gasteiger partial charge in [0, 0.05) is 26.2 Å². The van der Waals surface area contributed by atoms with Crippen molar-refractivity contribution in [3.05, 3.63) is 0 Å². The molecule has 0 atom stereocenters. The molecule has 0 bridgehead atoms. The second kappa shape index (κ2) is 4.72. The Bertz CT molecular complexity index is 292. The average Bonchev–Trinajstić information content (AvgIpc) is 2.99. The second-order valence-electron chi connectivity index (χ2n) is 4.60. The summed E-state index contributed by atoms with van der Waals surface area (Å²) in [7, 11) is 1.94. The quantitative estimate of drug-likeness (QED) is 0.543. The van der Waals surface area contributed by atoms with E-state index in [9.17, 15) is 4.79 Å². The summed E-state index contributed by atoms with van der Waals surface area (Å²) >= 11 is 0. The Labute approximate surface area is 96.3 Å². The lowest BCUT2D eigenvalue weighted by atomic mass is 10.4. The zero-order chi connectivity index (χ0) is 11.5. The highest BCUT2D eigenvalue weighted by atomic mass is 16.2. The van der Waals surface area contributed by atoms with Crippen LogP contribution in [0.2, 0.25) is 0 Å². The van der Waals surface area contributed by atoms with Crippen LogP contribution in [0.3, 0.4) is 0 Å². The topological polar surface area (TPSA) is 61.9 Å². The number of aliphatic imine (C=N–C) groups is 1. The number of likely N-dealkylation sites (tertiary alicyclic amines) is 1. The lowest BCUT2D eigenvalue weighted by Gasteiger charge is -2.18. The van der Waals surface area contributed by atoms with Crippen molar-refractivity contribution in [2.45, 2.75) is 31.7 Å². The number of amides is 1. The molecule has 0 aromatic carbocycles. The monoisotopic (exact) mass is 224 g/mol. The van der Waals surface area contributed by atoms with Crippen molar-refractivity contribution in [1.29, 1.82) is 0 Å². The molecule has 0 aromatic heterocycles. The normalized spacial score (nSPS) is 21.3. The molecule has 0 unspecified atom stereocenters. The number of rotatable bonds is 3. The van der Waals surface area contributed by atoms with E-state index in [1.807, 2.05) is 16.8 Å². The van der Waals surface area contributed by atoms with Crippen LogP contribution in [0, 0.1) is 0 Å². The van der Waals surface area contributed by atoms with Crippen molar-refractivity contribution >= 4 is 11.9 Å². The molecular formula is C11H20N4O. The van der Waals surface area contributed by atoms with Crippen LogP contribution in [-0.2, 0) is 4.79 Å². The van der Waals surface area contributed by atoms with Crippen LogP contribution < -0.4 is 5.73 Å². The van der Waals surface area contributed by atoms with E-state index in [2.05, 4.69) is 4.99 Å². The molecule has 2 aliphatic rings. The molecule has 5 nitrogen and oxygen atoms in total. The van der Waals surface area contributed by atoms with Crippen LogP contribution in [-0.4, -0.2) is 54.4 Å². The first-order chi connectivity index (χ1) is 7.68. The summed E-state index contributed by atoms with van der Waals surface area (Å²) in [5.41, 5.74) is 5.81. The van der Waals surface area contributed by atoms with Crippen molar-refractivity contribution in [3.63, 3.8) is 0 Å². The van der Waals surface area contributed by atoms with Gasteiger partial charge in [-0.25, -0.2) is 4.99 Å². The predicted molar refractivity (Wildman–Crippen MR) is 63.1 cm³/mol. The Balaban J connectivity index is 1.79. The van der Waals surface area contributed by atoms with Gasteiger partial charge in [0.25, 0.3) is 0 Å². The summed E-state index contributed by atoms with van der Waals surface area (Å²) in [4.78, 5) is 19.7. The van der Waals surface area contributed by atoms with Crippen LogP contribution in [0.15, 0.2) is 4.99 Å². The molecule has 2 N–H and O–H groups in total. The average molecular weight is 224 g/mol. The van der Waals surface area contributed by atoms with Gasteiger partial charge in [0.2, 0.25) is 5.91 Å². The third-order valence-electron chi connectivity index (χ3n) is 3.29. The van der Waals surface area contributed by atoms with Gasteiger partial charge in [-0.1, -0.05) is 0 Å². The molecule has 0 radical (unpaired) electrons. The molecule has 2 fully saturated rings. The summed E-state index contributed by atoms with van der Waals surface area (Å²) in [6.45, 7) is 1.96. The van der Waals surface area contributed by atoms with Gasteiger partial charge in [0.1, 0.15) is 6.54 Å². The van der Waals surface area contributed by atoms with Gasteiger partial charge >= 0.3 is 0 Å². The minimum Gasteiger partial charge on any atom is -0.370 e. The standard InChI is InChI=1S/C11H20N4O/c1-14(9-4-5-9)11(12)13-8-10(16)15-6-2-3-7-15/h9H,2-8H2,1H3,(H2,12,13). The molecule has 1 heterocycles. The van der Waals surface area contributed by atoms with E-state index < -0.39 is 0 Å². The highest BCUT2D eigenvalue weighted by Crippen LogP contribution is 2.24. The van der Waals surface area contributed by atoms with Gasteiger partial charge < -0.3 is 15.5 Å². The summed E-state index contributed by atoms with van der Waals surface area (Å²) in [6.07, 6.45) is 4.61.